The summed E-state index contributed by atoms with van der Waals surface area (Å²) in [6.07, 6.45) is 0. The maximum Gasteiger partial charge on any atom is 0.338 e. The monoisotopic (exact) mass is 371 g/mol. The van der Waals surface area contributed by atoms with E-state index < -0.39 is 18.5 Å². The number of hydrogen-bond acceptors (Lipinski definition) is 3. The molecule has 7 heteroatoms. The zero-order valence-electron chi connectivity index (χ0n) is 12.0. The molecule has 0 bridgehead atoms. The molecule has 0 saturated heterocycles. The average molecular weight is 373 g/mol. The van der Waals surface area contributed by atoms with Gasteiger partial charge >= 0.3 is 5.97 Å². The van der Waals surface area contributed by atoms with Crippen molar-refractivity contribution in [1.82, 2.24) is 0 Å². The van der Waals surface area contributed by atoms with E-state index in [-0.39, 0.29) is 10.6 Å². The lowest BCUT2D eigenvalue weighted by atomic mass is 10.2. The highest BCUT2D eigenvalue weighted by Gasteiger charge is 2.12. The van der Waals surface area contributed by atoms with E-state index in [1.807, 2.05) is 6.92 Å². The molecule has 2 aromatic carbocycles. The summed E-state index contributed by atoms with van der Waals surface area (Å²) >= 11 is 17.5. The molecular weight excluding hydrogens is 361 g/mol. The van der Waals surface area contributed by atoms with Gasteiger partial charge in [-0.1, -0.05) is 40.9 Å². The van der Waals surface area contributed by atoms with Crippen molar-refractivity contribution in [2.45, 2.75) is 6.92 Å². The average Bonchev–Trinajstić information content (AvgIpc) is 2.51. The molecule has 0 saturated carbocycles. The Hall–Kier alpha value is -1.75. The molecule has 1 amide bonds. The van der Waals surface area contributed by atoms with Gasteiger partial charge in [0.2, 0.25) is 0 Å². The van der Waals surface area contributed by atoms with Gasteiger partial charge in [-0.05, 0) is 42.8 Å². The van der Waals surface area contributed by atoms with Crippen molar-refractivity contribution in [3.05, 3.63) is 62.6 Å². The quantitative estimate of drug-likeness (QED) is 0.788. The van der Waals surface area contributed by atoms with Crippen LogP contribution in [0.2, 0.25) is 15.1 Å². The van der Waals surface area contributed by atoms with E-state index >= 15 is 0 Å². The van der Waals surface area contributed by atoms with E-state index in [1.54, 1.807) is 18.2 Å². The summed E-state index contributed by atoms with van der Waals surface area (Å²) in [4.78, 5) is 23.7. The number of carbonyl (C=O) groups is 2. The van der Waals surface area contributed by atoms with Gasteiger partial charge in [-0.15, -0.1) is 0 Å². The summed E-state index contributed by atoms with van der Waals surface area (Å²) in [6, 6.07) is 9.45. The number of ether oxygens (including phenoxy) is 1. The number of amides is 1. The second-order valence-corrected chi connectivity index (χ2v) is 5.96. The van der Waals surface area contributed by atoms with Crippen LogP contribution in [0.1, 0.15) is 15.9 Å². The van der Waals surface area contributed by atoms with Crippen molar-refractivity contribution in [3.8, 4) is 0 Å². The van der Waals surface area contributed by atoms with Crippen LogP contribution in [0, 0.1) is 6.92 Å². The van der Waals surface area contributed by atoms with Crippen molar-refractivity contribution in [2.75, 3.05) is 11.9 Å². The Morgan fingerprint density at radius 1 is 1.04 bits per heavy atom. The van der Waals surface area contributed by atoms with Crippen molar-refractivity contribution in [3.63, 3.8) is 0 Å². The lowest BCUT2D eigenvalue weighted by molar-refractivity contribution is -0.119. The number of esters is 1. The first kappa shape index (κ1) is 17.6. The Kier molecular flexibility index (Phi) is 5.88. The van der Waals surface area contributed by atoms with Gasteiger partial charge in [-0.3, -0.25) is 4.79 Å². The minimum absolute atomic E-state index is 0.214. The van der Waals surface area contributed by atoms with Crippen LogP contribution >= 0.6 is 34.8 Å². The van der Waals surface area contributed by atoms with Gasteiger partial charge < -0.3 is 10.1 Å². The van der Waals surface area contributed by atoms with Crippen LogP contribution in [-0.2, 0) is 9.53 Å². The fourth-order valence-corrected chi connectivity index (χ4v) is 2.22. The van der Waals surface area contributed by atoms with Crippen LogP contribution in [-0.4, -0.2) is 18.5 Å². The van der Waals surface area contributed by atoms with Crippen molar-refractivity contribution < 1.29 is 14.3 Å². The van der Waals surface area contributed by atoms with E-state index in [0.29, 0.717) is 15.7 Å². The lowest BCUT2D eigenvalue weighted by Gasteiger charge is -2.09. The Morgan fingerprint density at radius 3 is 2.48 bits per heavy atom. The summed E-state index contributed by atoms with van der Waals surface area (Å²) in [5.74, 6) is -1.13. The maximum absolute atomic E-state index is 11.9. The maximum atomic E-state index is 11.9. The molecular formula is C16H12Cl3NO3. The molecule has 0 spiro atoms. The van der Waals surface area contributed by atoms with Gasteiger partial charge in [-0.2, -0.15) is 0 Å². The summed E-state index contributed by atoms with van der Waals surface area (Å²) in [6.45, 7) is 1.40. The number of aryl methyl sites for hydroxylation is 1. The molecule has 0 fully saturated rings. The molecule has 120 valence electrons. The van der Waals surface area contributed by atoms with Crippen LogP contribution in [0.3, 0.4) is 0 Å². The first-order valence-corrected chi connectivity index (χ1v) is 7.68. The normalized spacial score (nSPS) is 10.3. The van der Waals surface area contributed by atoms with Gasteiger partial charge in [0.05, 0.1) is 15.6 Å². The molecule has 0 aliphatic rings. The van der Waals surface area contributed by atoms with Gasteiger partial charge in [0.25, 0.3) is 5.91 Å². The highest BCUT2D eigenvalue weighted by atomic mass is 35.5. The molecule has 2 rings (SSSR count). The molecule has 0 atom stereocenters. The molecule has 1 N–H and O–H groups in total. The number of rotatable bonds is 4. The van der Waals surface area contributed by atoms with E-state index in [4.69, 9.17) is 39.5 Å². The number of benzene rings is 2. The topological polar surface area (TPSA) is 55.4 Å². The number of halogens is 3. The largest absolute Gasteiger partial charge is 0.452 e. The predicted molar refractivity (Wildman–Crippen MR) is 91.6 cm³/mol. The van der Waals surface area contributed by atoms with Crippen LogP contribution in [0.15, 0.2) is 36.4 Å². The van der Waals surface area contributed by atoms with E-state index in [1.165, 1.54) is 18.2 Å². The highest BCUT2D eigenvalue weighted by molar-refractivity contribution is 6.42. The molecule has 23 heavy (non-hydrogen) atoms. The molecule has 0 aliphatic carbocycles. The van der Waals surface area contributed by atoms with Crippen LogP contribution in [0.25, 0.3) is 0 Å². The van der Waals surface area contributed by atoms with E-state index in [2.05, 4.69) is 5.32 Å². The third-order valence-electron chi connectivity index (χ3n) is 2.96. The first-order chi connectivity index (χ1) is 10.9. The van der Waals surface area contributed by atoms with Crippen molar-refractivity contribution in [1.29, 1.82) is 0 Å². The highest BCUT2D eigenvalue weighted by Crippen LogP contribution is 2.23. The first-order valence-electron chi connectivity index (χ1n) is 6.55. The fourth-order valence-electron chi connectivity index (χ4n) is 1.75. The number of carbonyl (C=O) groups excluding carboxylic acids is 2. The second-order valence-electron chi connectivity index (χ2n) is 4.71. The summed E-state index contributed by atoms with van der Waals surface area (Å²) in [5.41, 5.74) is 1.62. The minimum atomic E-state index is -0.665. The summed E-state index contributed by atoms with van der Waals surface area (Å²) in [5, 5.41) is 3.70. The van der Waals surface area contributed by atoms with E-state index in [0.717, 1.165) is 5.56 Å². The third kappa shape index (κ3) is 4.86. The Bertz CT molecular complexity index is 762. The van der Waals surface area contributed by atoms with Gasteiger partial charge in [0, 0.05) is 10.7 Å². The molecule has 0 heterocycles. The fraction of sp³-hybridized carbons (Fsp3) is 0.125. The number of anilines is 1. The summed E-state index contributed by atoms with van der Waals surface area (Å²) < 4.78 is 4.94. The molecule has 0 aromatic heterocycles. The number of hydrogen-bond donors (Lipinski definition) is 1. The smallest absolute Gasteiger partial charge is 0.338 e. The Labute approximate surface area is 148 Å². The molecule has 0 unspecified atom stereocenters. The van der Waals surface area contributed by atoms with Crippen LogP contribution in [0.5, 0.6) is 0 Å². The van der Waals surface area contributed by atoms with Gasteiger partial charge in [0.15, 0.2) is 6.61 Å². The lowest BCUT2D eigenvalue weighted by Crippen LogP contribution is -2.21. The standard InChI is InChI=1S/C16H12Cl3NO3/c1-9-2-4-11(17)7-14(9)20-15(21)8-23-16(22)10-3-5-12(18)13(19)6-10/h2-7H,8H2,1H3,(H,20,21). The molecule has 4 nitrogen and oxygen atoms in total. The van der Waals surface area contributed by atoms with Crippen LogP contribution < -0.4 is 5.32 Å². The minimum Gasteiger partial charge on any atom is -0.452 e. The molecule has 2 aromatic rings. The molecule has 0 aliphatic heterocycles. The predicted octanol–water partition coefficient (Wildman–Crippen LogP) is 4.75. The van der Waals surface area contributed by atoms with Crippen molar-refractivity contribution >= 4 is 52.4 Å². The van der Waals surface area contributed by atoms with Crippen LogP contribution in [0.4, 0.5) is 5.69 Å². The van der Waals surface area contributed by atoms with E-state index in [9.17, 15) is 9.59 Å². The van der Waals surface area contributed by atoms with Crippen molar-refractivity contribution in [2.24, 2.45) is 0 Å². The second kappa shape index (κ2) is 7.68. The SMILES string of the molecule is Cc1ccc(Cl)cc1NC(=O)COC(=O)c1ccc(Cl)c(Cl)c1. The zero-order chi connectivity index (χ0) is 17.0. The third-order valence-corrected chi connectivity index (χ3v) is 3.94. The summed E-state index contributed by atoms with van der Waals surface area (Å²) in [7, 11) is 0. The molecule has 0 radical (unpaired) electrons. The Morgan fingerprint density at radius 2 is 1.78 bits per heavy atom. The number of nitrogens with one attached hydrogen (secondary N) is 1. The van der Waals surface area contributed by atoms with Gasteiger partial charge in [0.1, 0.15) is 0 Å². The zero-order valence-corrected chi connectivity index (χ0v) is 14.3. The Balaban J connectivity index is 1.94. The van der Waals surface area contributed by atoms with Gasteiger partial charge in [-0.25, -0.2) is 4.79 Å².